The first kappa shape index (κ1) is 16.3. The highest BCUT2D eigenvalue weighted by atomic mass is 32.1. The van der Waals surface area contributed by atoms with Gasteiger partial charge < -0.3 is 4.90 Å². The minimum absolute atomic E-state index is 0.160. The van der Waals surface area contributed by atoms with Crippen molar-refractivity contribution in [1.29, 1.82) is 0 Å². The summed E-state index contributed by atoms with van der Waals surface area (Å²) in [5.41, 5.74) is 3.05. The molecule has 1 aliphatic heterocycles. The number of benzene rings is 1. The van der Waals surface area contributed by atoms with E-state index >= 15 is 0 Å². The van der Waals surface area contributed by atoms with Crippen molar-refractivity contribution < 1.29 is 4.79 Å². The Morgan fingerprint density at radius 1 is 1.16 bits per heavy atom. The molecule has 1 aromatic carbocycles. The summed E-state index contributed by atoms with van der Waals surface area (Å²) < 4.78 is 2.05. The predicted octanol–water partition coefficient (Wildman–Crippen LogP) is 4.49. The van der Waals surface area contributed by atoms with Gasteiger partial charge in [-0.15, -0.1) is 0 Å². The second-order valence-corrected chi connectivity index (χ2v) is 8.30. The van der Waals surface area contributed by atoms with Gasteiger partial charge in [0.2, 0.25) is 0 Å². The molecule has 0 spiro atoms. The van der Waals surface area contributed by atoms with Gasteiger partial charge in [-0.3, -0.25) is 9.20 Å². The van der Waals surface area contributed by atoms with Gasteiger partial charge in [-0.25, -0.2) is 4.98 Å². The largest absolute Gasteiger partial charge is 0.337 e. The van der Waals surface area contributed by atoms with Gasteiger partial charge in [0, 0.05) is 30.5 Å². The van der Waals surface area contributed by atoms with Crippen LogP contribution in [-0.2, 0) is 0 Å². The van der Waals surface area contributed by atoms with Crippen LogP contribution in [0.5, 0.6) is 0 Å². The summed E-state index contributed by atoms with van der Waals surface area (Å²) in [7, 11) is 0. The molecule has 4 nitrogen and oxygen atoms in total. The maximum atomic E-state index is 13.0. The summed E-state index contributed by atoms with van der Waals surface area (Å²) in [6.07, 6.45) is 3.24. The summed E-state index contributed by atoms with van der Waals surface area (Å²) in [5.74, 6) is 1.30. The Morgan fingerprint density at radius 2 is 1.84 bits per heavy atom. The number of aryl methyl sites for hydroxylation is 1. The summed E-state index contributed by atoms with van der Waals surface area (Å²) >= 11 is 1.50. The maximum Gasteiger partial charge on any atom is 0.265 e. The molecule has 2 aromatic heterocycles. The van der Waals surface area contributed by atoms with Gasteiger partial charge >= 0.3 is 0 Å². The van der Waals surface area contributed by atoms with E-state index in [4.69, 9.17) is 4.98 Å². The monoisotopic (exact) mass is 353 g/mol. The first-order valence-corrected chi connectivity index (χ1v) is 9.67. The lowest BCUT2D eigenvalue weighted by Gasteiger charge is -2.34. The zero-order valence-electron chi connectivity index (χ0n) is 14.9. The Bertz CT molecular complexity index is 902. The molecule has 130 valence electrons. The number of nitrogens with zero attached hydrogens (tertiary/aromatic N) is 3. The minimum atomic E-state index is 0.160. The fourth-order valence-electron chi connectivity index (χ4n) is 3.87. The van der Waals surface area contributed by atoms with Crippen LogP contribution < -0.4 is 0 Å². The molecular formula is C20H23N3OS. The molecule has 0 radical (unpaired) electrons. The van der Waals surface area contributed by atoms with Crippen LogP contribution in [0.4, 0.5) is 0 Å². The highest BCUT2D eigenvalue weighted by Crippen LogP contribution is 2.30. The summed E-state index contributed by atoms with van der Waals surface area (Å²) in [6.45, 7) is 8.20. The molecule has 1 aliphatic rings. The van der Waals surface area contributed by atoms with Crippen LogP contribution in [0.2, 0.25) is 0 Å². The topological polar surface area (TPSA) is 37.6 Å². The number of amides is 1. The van der Waals surface area contributed by atoms with E-state index < -0.39 is 0 Å². The van der Waals surface area contributed by atoms with Crippen molar-refractivity contribution in [2.45, 2.75) is 27.2 Å². The average Bonchev–Trinajstić information content (AvgIpc) is 3.14. The van der Waals surface area contributed by atoms with Gasteiger partial charge in [-0.1, -0.05) is 55.5 Å². The first-order chi connectivity index (χ1) is 12.0. The molecule has 2 atom stereocenters. The second kappa shape index (κ2) is 6.30. The number of hydrogen-bond acceptors (Lipinski definition) is 3. The molecule has 0 saturated carbocycles. The number of carbonyl (C=O) groups is 1. The van der Waals surface area contributed by atoms with Crippen molar-refractivity contribution in [1.82, 2.24) is 14.3 Å². The van der Waals surface area contributed by atoms with Gasteiger partial charge in [0.25, 0.3) is 5.91 Å². The fourth-order valence-corrected chi connectivity index (χ4v) is 4.95. The number of carbonyl (C=O) groups excluding carboxylic acids is 1. The molecule has 1 fully saturated rings. The van der Waals surface area contributed by atoms with Crippen LogP contribution in [0.15, 0.2) is 36.5 Å². The van der Waals surface area contributed by atoms with Crippen molar-refractivity contribution in [3.8, 4) is 11.3 Å². The fraction of sp³-hybridized carbons (Fsp3) is 0.400. The number of thiazole rings is 1. The highest BCUT2D eigenvalue weighted by molar-refractivity contribution is 7.19. The van der Waals surface area contributed by atoms with Crippen LogP contribution in [0.1, 0.15) is 35.6 Å². The number of piperidine rings is 1. The molecule has 25 heavy (non-hydrogen) atoms. The highest BCUT2D eigenvalue weighted by Gasteiger charge is 2.29. The van der Waals surface area contributed by atoms with Gasteiger partial charge in [-0.2, -0.15) is 0 Å². The lowest BCUT2D eigenvalue weighted by Crippen LogP contribution is -2.42. The van der Waals surface area contributed by atoms with E-state index in [1.807, 2.05) is 36.2 Å². The third-order valence-corrected chi connectivity index (χ3v) is 6.12. The average molecular weight is 353 g/mol. The van der Waals surface area contributed by atoms with Crippen molar-refractivity contribution in [3.05, 3.63) is 47.1 Å². The van der Waals surface area contributed by atoms with Crippen LogP contribution in [0.25, 0.3) is 16.2 Å². The first-order valence-electron chi connectivity index (χ1n) is 8.86. The van der Waals surface area contributed by atoms with E-state index in [-0.39, 0.29) is 5.91 Å². The number of hydrogen-bond donors (Lipinski definition) is 0. The van der Waals surface area contributed by atoms with E-state index in [1.54, 1.807) is 0 Å². The Kier molecular flexibility index (Phi) is 4.12. The third kappa shape index (κ3) is 2.97. The van der Waals surface area contributed by atoms with E-state index in [9.17, 15) is 4.79 Å². The van der Waals surface area contributed by atoms with Gasteiger partial charge in [-0.05, 0) is 25.2 Å². The Morgan fingerprint density at radius 3 is 2.48 bits per heavy atom. The van der Waals surface area contributed by atoms with E-state index in [1.165, 1.54) is 17.8 Å². The van der Waals surface area contributed by atoms with Crippen LogP contribution >= 0.6 is 11.3 Å². The lowest BCUT2D eigenvalue weighted by molar-refractivity contribution is 0.0627. The number of rotatable bonds is 2. The Hall–Kier alpha value is -2.14. The van der Waals surface area contributed by atoms with E-state index in [2.05, 4.69) is 30.4 Å². The zero-order chi connectivity index (χ0) is 17.6. The van der Waals surface area contributed by atoms with Crippen molar-refractivity contribution in [2.24, 2.45) is 11.8 Å². The zero-order valence-corrected chi connectivity index (χ0v) is 15.7. The number of fused-ring (bicyclic) bond motifs is 1. The Labute approximate surface area is 152 Å². The SMILES string of the molecule is Cc1c(C(=O)N2CC(C)CC(C)C2)sc2nc(-c3ccccc3)cn12. The molecule has 0 bridgehead atoms. The molecular weight excluding hydrogens is 330 g/mol. The van der Waals surface area contributed by atoms with Crippen molar-refractivity contribution in [2.75, 3.05) is 13.1 Å². The molecule has 4 rings (SSSR count). The number of aromatic nitrogens is 2. The molecule has 1 saturated heterocycles. The van der Waals surface area contributed by atoms with Crippen molar-refractivity contribution >= 4 is 22.2 Å². The van der Waals surface area contributed by atoms with Gasteiger partial charge in [0.05, 0.1) is 5.69 Å². The van der Waals surface area contributed by atoms with Gasteiger partial charge in [0.15, 0.2) is 4.96 Å². The standard InChI is InChI=1S/C20H23N3OS/c1-13-9-14(2)11-22(10-13)19(24)18-15(3)23-12-17(21-20(23)25-18)16-7-5-4-6-8-16/h4-8,12-14H,9-11H2,1-3H3. The van der Waals surface area contributed by atoms with Crippen LogP contribution in [0, 0.1) is 18.8 Å². The van der Waals surface area contributed by atoms with Crippen molar-refractivity contribution in [3.63, 3.8) is 0 Å². The molecule has 0 aliphatic carbocycles. The number of likely N-dealkylation sites (tertiary alicyclic amines) is 1. The molecule has 3 heterocycles. The smallest absolute Gasteiger partial charge is 0.265 e. The molecule has 5 heteroatoms. The van der Waals surface area contributed by atoms with Gasteiger partial charge in [0.1, 0.15) is 4.88 Å². The Balaban J connectivity index is 1.66. The molecule has 0 N–H and O–H groups in total. The molecule has 2 unspecified atom stereocenters. The predicted molar refractivity (Wildman–Crippen MR) is 102 cm³/mol. The minimum Gasteiger partial charge on any atom is -0.337 e. The molecule has 1 amide bonds. The summed E-state index contributed by atoms with van der Waals surface area (Å²) in [5, 5.41) is 0. The van der Waals surface area contributed by atoms with E-state index in [0.29, 0.717) is 11.8 Å². The van der Waals surface area contributed by atoms with Crippen LogP contribution in [0.3, 0.4) is 0 Å². The quantitative estimate of drug-likeness (QED) is 0.681. The van der Waals surface area contributed by atoms with E-state index in [0.717, 1.165) is 39.9 Å². The van der Waals surface area contributed by atoms with Crippen LogP contribution in [-0.4, -0.2) is 33.3 Å². The summed E-state index contributed by atoms with van der Waals surface area (Å²) in [6, 6.07) is 10.2. The number of imidazole rings is 1. The normalized spacial score (nSPS) is 21.0. The second-order valence-electron chi connectivity index (χ2n) is 7.32. The molecule has 3 aromatic rings. The maximum absolute atomic E-state index is 13.0. The summed E-state index contributed by atoms with van der Waals surface area (Å²) in [4.78, 5) is 21.5. The lowest BCUT2D eigenvalue weighted by atomic mass is 9.92. The third-order valence-electron chi connectivity index (χ3n) is 4.98.